The molecule has 0 spiro atoms. The van der Waals surface area contributed by atoms with Gasteiger partial charge in [0.2, 0.25) is 0 Å². The topological polar surface area (TPSA) is 0 Å². The summed E-state index contributed by atoms with van der Waals surface area (Å²) in [5.74, 6) is 0. The molecule has 1 atom stereocenters. The molecule has 0 fully saturated rings. The second-order valence-corrected chi connectivity index (χ2v) is 7.20. The van der Waals surface area contributed by atoms with Crippen LogP contribution in [0.2, 0.25) is 0 Å². The van der Waals surface area contributed by atoms with Crippen molar-refractivity contribution < 1.29 is 0 Å². The Balaban J connectivity index is 1.78. The Morgan fingerprint density at radius 3 is 2.68 bits per heavy atom. The van der Waals surface area contributed by atoms with Gasteiger partial charge in [0, 0.05) is 9.30 Å². The summed E-state index contributed by atoms with van der Waals surface area (Å²) < 4.78 is 1.15. The summed E-state index contributed by atoms with van der Waals surface area (Å²) in [4.78, 5) is 0.396. The van der Waals surface area contributed by atoms with Crippen molar-refractivity contribution in [3.05, 3.63) is 69.2 Å². The number of hydrogen-bond acceptors (Lipinski definition) is 0. The molecule has 0 aliphatic heterocycles. The number of benzene rings is 2. The van der Waals surface area contributed by atoms with Crippen molar-refractivity contribution in [1.29, 1.82) is 0 Å². The first-order valence-electron chi connectivity index (χ1n) is 6.72. The third-order valence-corrected chi connectivity index (χ3v) is 5.13. The Morgan fingerprint density at radius 1 is 1.00 bits per heavy atom. The van der Waals surface area contributed by atoms with Gasteiger partial charge in [-0.05, 0) is 60.1 Å². The molecular formula is C17H16Br2. The molecule has 0 heterocycles. The van der Waals surface area contributed by atoms with E-state index in [4.69, 9.17) is 0 Å². The molecule has 2 aromatic rings. The maximum Gasteiger partial charge on any atom is 0.0435 e. The second kappa shape index (κ2) is 5.80. The van der Waals surface area contributed by atoms with Crippen molar-refractivity contribution >= 4 is 31.9 Å². The van der Waals surface area contributed by atoms with Crippen LogP contribution in [0.5, 0.6) is 0 Å². The molecule has 0 saturated carbocycles. The van der Waals surface area contributed by atoms with E-state index in [0.29, 0.717) is 4.83 Å². The van der Waals surface area contributed by atoms with Crippen molar-refractivity contribution in [2.24, 2.45) is 0 Å². The first kappa shape index (κ1) is 13.4. The minimum atomic E-state index is 0.396. The van der Waals surface area contributed by atoms with Gasteiger partial charge >= 0.3 is 0 Å². The van der Waals surface area contributed by atoms with Crippen LogP contribution in [-0.2, 0) is 19.3 Å². The molecule has 1 aliphatic rings. The predicted octanol–water partition coefficient (Wildman–Crippen LogP) is 5.62. The number of halogens is 2. The number of rotatable bonds is 3. The van der Waals surface area contributed by atoms with Crippen LogP contribution in [0.4, 0.5) is 0 Å². The second-order valence-electron chi connectivity index (χ2n) is 5.18. The van der Waals surface area contributed by atoms with E-state index in [1.54, 1.807) is 11.1 Å². The van der Waals surface area contributed by atoms with Crippen LogP contribution in [0.15, 0.2) is 46.9 Å². The molecule has 0 amide bonds. The predicted molar refractivity (Wildman–Crippen MR) is 88.0 cm³/mol. The Labute approximate surface area is 131 Å². The summed E-state index contributed by atoms with van der Waals surface area (Å²) in [6, 6.07) is 15.5. The zero-order chi connectivity index (χ0) is 13.2. The monoisotopic (exact) mass is 378 g/mol. The smallest absolute Gasteiger partial charge is 0.0435 e. The molecular weight excluding hydrogens is 364 g/mol. The lowest BCUT2D eigenvalue weighted by atomic mass is 10.0. The Hall–Kier alpha value is -0.600. The normalized spacial score (nSPS) is 15.3. The van der Waals surface area contributed by atoms with Crippen LogP contribution in [0.1, 0.15) is 33.5 Å². The molecule has 0 radical (unpaired) electrons. The van der Waals surface area contributed by atoms with Gasteiger partial charge in [-0.1, -0.05) is 62.2 Å². The highest BCUT2D eigenvalue weighted by Crippen LogP contribution is 2.31. The molecule has 2 heteroatoms. The van der Waals surface area contributed by atoms with Crippen molar-refractivity contribution in [2.45, 2.75) is 30.5 Å². The summed E-state index contributed by atoms with van der Waals surface area (Å²) in [7, 11) is 0. The SMILES string of the molecule is Brc1cccc(CC(Br)c2ccc3c(c2)CCC3)c1. The highest BCUT2D eigenvalue weighted by molar-refractivity contribution is 9.10. The van der Waals surface area contributed by atoms with Crippen molar-refractivity contribution in [3.8, 4) is 0 Å². The van der Waals surface area contributed by atoms with E-state index in [-0.39, 0.29) is 0 Å². The minimum Gasteiger partial charge on any atom is -0.0835 e. The summed E-state index contributed by atoms with van der Waals surface area (Å²) in [6.45, 7) is 0. The molecule has 1 unspecified atom stereocenters. The van der Waals surface area contributed by atoms with Gasteiger partial charge in [-0.15, -0.1) is 0 Å². The molecule has 19 heavy (non-hydrogen) atoms. The van der Waals surface area contributed by atoms with E-state index in [9.17, 15) is 0 Å². The Bertz CT molecular complexity index is 590. The van der Waals surface area contributed by atoms with Gasteiger partial charge in [-0.3, -0.25) is 0 Å². The number of alkyl halides is 1. The molecule has 1 aliphatic carbocycles. The van der Waals surface area contributed by atoms with Crippen LogP contribution in [0.25, 0.3) is 0 Å². The van der Waals surface area contributed by atoms with Crippen LogP contribution < -0.4 is 0 Å². The third-order valence-electron chi connectivity index (χ3n) is 3.79. The van der Waals surface area contributed by atoms with Crippen LogP contribution in [0.3, 0.4) is 0 Å². The van der Waals surface area contributed by atoms with Gasteiger partial charge in [0.05, 0.1) is 0 Å². The van der Waals surface area contributed by atoms with Gasteiger partial charge in [-0.2, -0.15) is 0 Å². The highest BCUT2D eigenvalue weighted by Gasteiger charge is 2.14. The van der Waals surface area contributed by atoms with Gasteiger partial charge in [-0.25, -0.2) is 0 Å². The molecule has 3 rings (SSSR count). The van der Waals surface area contributed by atoms with Crippen LogP contribution in [-0.4, -0.2) is 0 Å². The van der Waals surface area contributed by atoms with Gasteiger partial charge in [0.15, 0.2) is 0 Å². The standard InChI is InChI=1S/C17H16Br2/c18-16-6-1-3-12(9-16)10-17(19)15-8-7-13-4-2-5-14(13)11-15/h1,3,6-9,11,17H,2,4-5,10H2. The molecule has 0 saturated heterocycles. The van der Waals surface area contributed by atoms with Crippen molar-refractivity contribution in [3.63, 3.8) is 0 Å². The zero-order valence-corrected chi connectivity index (χ0v) is 13.9. The molecule has 98 valence electrons. The first-order chi connectivity index (χ1) is 9.22. The fraction of sp³-hybridized carbons (Fsp3) is 0.294. The number of hydrogen-bond donors (Lipinski definition) is 0. The Kier molecular flexibility index (Phi) is 4.09. The van der Waals surface area contributed by atoms with Gasteiger partial charge in [0.1, 0.15) is 0 Å². The average molecular weight is 380 g/mol. The van der Waals surface area contributed by atoms with Crippen LogP contribution in [0, 0.1) is 0 Å². The maximum atomic E-state index is 3.84. The fourth-order valence-electron chi connectivity index (χ4n) is 2.78. The minimum absolute atomic E-state index is 0.396. The number of aryl methyl sites for hydroxylation is 2. The lowest BCUT2D eigenvalue weighted by Crippen LogP contribution is -1.97. The Morgan fingerprint density at radius 2 is 1.84 bits per heavy atom. The van der Waals surface area contributed by atoms with Crippen molar-refractivity contribution in [2.75, 3.05) is 0 Å². The summed E-state index contributed by atoms with van der Waals surface area (Å²) in [5, 5.41) is 0. The summed E-state index contributed by atoms with van der Waals surface area (Å²) >= 11 is 7.37. The lowest BCUT2D eigenvalue weighted by Gasteiger charge is -2.12. The fourth-order valence-corrected chi connectivity index (χ4v) is 3.88. The summed E-state index contributed by atoms with van der Waals surface area (Å²) in [6.07, 6.45) is 4.85. The third kappa shape index (κ3) is 3.11. The molecule has 0 nitrogen and oxygen atoms in total. The van der Waals surface area contributed by atoms with Gasteiger partial charge in [0.25, 0.3) is 0 Å². The van der Waals surface area contributed by atoms with E-state index in [1.165, 1.54) is 30.4 Å². The average Bonchev–Trinajstić information content (AvgIpc) is 2.85. The lowest BCUT2D eigenvalue weighted by molar-refractivity contribution is 0.910. The van der Waals surface area contributed by atoms with E-state index in [0.717, 1.165) is 10.9 Å². The van der Waals surface area contributed by atoms with E-state index < -0.39 is 0 Å². The largest absolute Gasteiger partial charge is 0.0835 e. The van der Waals surface area contributed by atoms with Crippen molar-refractivity contribution in [1.82, 2.24) is 0 Å². The van der Waals surface area contributed by atoms with E-state index in [1.807, 2.05) is 0 Å². The zero-order valence-electron chi connectivity index (χ0n) is 10.7. The van der Waals surface area contributed by atoms with Crippen LogP contribution >= 0.6 is 31.9 Å². The van der Waals surface area contributed by atoms with E-state index >= 15 is 0 Å². The quantitative estimate of drug-likeness (QED) is 0.607. The van der Waals surface area contributed by atoms with E-state index in [2.05, 4.69) is 74.3 Å². The summed E-state index contributed by atoms with van der Waals surface area (Å²) in [5.41, 5.74) is 5.86. The highest BCUT2D eigenvalue weighted by atomic mass is 79.9. The molecule has 2 aromatic carbocycles. The van der Waals surface area contributed by atoms with Gasteiger partial charge < -0.3 is 0 Å². The maximum absolute atomic E-state index is 3.84. The molecule has 0 bridgehead atoms. The first-order valence-corrected chi connectivity index (χ1v) is 8.43. The molecule has 0 N–H and O–H groups in total. The molecule has 0 aromatic heterocycles. The number of fused-ring (bicyclic) bond motifs is 1.